The smallest absolute Gasteiger partial charge is 0.158 e. The van der Waals surface area contributed by atoms with Crippen molar-refractivity contribution in [1.82, 2.24) is 9.78 Å². The molecule has 0 saturated heterocycles. The van der Waals surface area contributed by atoms with Gasteiger partial charge in [-0.1, -0.05) is 13.8 Å². The molecule has 5 heteroatoms. The van der Waals surface area contributed by atoms with Gasteiger partial charge in [0, 0.05) is 18.0 Å². The summed E-state index contributed by atoms with van der Waals surface area (Å²) < 4.78 is 1.79. The van der Waals surface area contributed by atoms with Gasteiger partial charge in [-0.3, -0.25) is 9.48 Å². The Morgan fingerprint density at radius 2 is 1.89 bits per heavy atom. The van der Waals surface area contributed by atoms with Crippen LogP contribution in [0.1, 0.15) is 95.7 Å². The van der Waals surface area contributed by atoms with E-state index in [1.807, 2.05) is 13.1 Å². The van der Waals surface area contributed by atoms with Gasteiger partial charge in [0.1, 0.15) is 6.07 Å². The Hall–Kier alpha value is -1.67. The highest BCUT2D eigenvalue weighted by atomic mass is 16.3. The molecule has 3 unspecified atom stereocenters. The summed E-state index contributed by atoms with van der Waals surface area (Å²) in [6.45, 7) is 7.24. The maximum atomic E-state index is 13.9. The molecule has 6 fully saturated rings. The van der Waals surface area contributed by atoms with Gasteiger partial charge in [0.15, 0.2) is 5.78 Å². The van der Waals surface area contributed by atoms with E-state index in [0.29, 0.717) is 47.5 Å². The normalized spacial score (nSPS) is 49.9. The van der Waals surface area contributed by atoms with E-state index in [-0.39, 0.29) is 11.3 Å². The summed E-state index contributed by atoms with van der Waals surface area (Å²) in [7, 11) is 0. The lowest BCUT2D eigenvalue weighted by Crippen LogP contribution is -2.52. The van der Waals surface area contributed by atoms with Gasteiger partial charge in [-0.15, -0.1) is 0 Å². The second-order valence-corrected chi connectivity index (χ2v) is 14.1. The molecular weight excluding hydrogens is 434 g/mol. The number of aliphatic hydroxyl groups is 1. The lowest BCUT2D eigenvalue weighted by Gasteiger charge is -2.58. The minimum absolute atomic E-state index is 0.123. The Morgan fingerprint density at radius 1 is 1.11 bits per heavy atom. The van der Waals surface area contributed by atoms with Crippen molar-refractivity contribution >= 4 is 5.78 Å². The number of fused-ring (bicyclic) bond motifs is 7. The second kappa shape index (κ2) is 7.44. The molecule has 188 valence electrons. The van der Waals surface area contributed by atoms with E-state index in [1.165, 1.54) is 32.1 Å². The lowest BCUT2D eigenvalue weighted by atomic mass is 9.47. The van der Waals surface area contributed by atoms with Crippen molar-refractivity contribution in [2.45, 2.75) is 96.6 Å². The molecule has 6 aliphatic carbocycles. The number of ketones is 1. The SMILES string of the molecule is CC1C2C1[C@H]1[C@@H]3CC[C@@H]4C[C@](C)(O)CC[C@@H]4[C@H]3CC[C@]1(C)[C@H]2C(=O)Cn1cc(C#N)c(C2CC2)n1. The Morgan fingerprint density at radius 3 is 2.63 bits per heavy atom. The topological polar surface area (TPSA) is 78.9 Å². The van der Waals surface area contributed by atoms with Gasteiger partial charge in [0.2, 0.25) is 0 Å². The molecule has 0 bridgehead atoms. The number of hydrogen-bond acceptors (Lipinski definition) is 4. The van der Waals surface area contributed by atoms with Gasteiger partial charge in [-0.25, -0.2) is 0 Å². The third-order valence-electron chi connectivity index (χ3n) is 12.1. The first-order valence-corrected chi connectivity index (χ1v) is 14.4. The first-order chi connectivity index (χ1) is 16.7. The number of carbonyl (C=O) groups is 1. The molecule has 6 saturated carbocycles. The summed E-state index contributed by atoms with van der Waals surface area (Å²) in [6.07, 6.45) is 12.2. The third kappa shape index (κ3) is 3.27. The molecule has 0 radical (unpaired) electrons. The van der Waals surface area contributed by atoms with E-state index in [1.54, 1.807) is 4.68 Å². The number of hydrogen-bond donors (Lipinski definition) is 1. The fourth-order valence-corrected chi connectivity index (χ4v) is 10.6. The summed E-state index contributed by atoms with van der Waals surface area (Å²) in [5, 5.41) is 25.0. The van der Waals surface area contributed by atoms with Crippen molar-refractivity contribution in [2.24, 2.45) is 58.7 Å². The summed E-state index contributed by atoms with van der Waals surface area (Å²) in [6, 6.07) is 2.31. The lowest BCUT2D eigenvalue weighted by molar-refractivity contribution is -0.137. The summed E-state index contributed by atoms with van der Waals surface area (Å²) in [5.74, 6) is 6.63. The first-order valence-electron chi connectivity index (χ1n) is 14.4. The Kier molecular flexibility index (Phi) is 4.78. The Bertz CT molecular complexity index is 1100. The van der Waals surface area contributed by atoms with E-state index in [4.69, 9.17) is 5.10 Å². The largest absolute Gasteiger partial charge is 0.390 e. The minimum atomic E-state index is -0.463. The molecule has 11 atom stereocenters. The number of Topliss-reactive ketones (excluding diaryl/α,β-unsaturated/α-hetero) is 1. The predicted octanol–water partition coefficient (Wildman–Crippen LogP) is 5.32. The monoisotopic (exact) mass is 475 g/mol. The van der Waals surface area contributed by atoms with Gasteiger partial charge in [-0.05, 0) is 117 Å². The molecule has 6 aliphatic rings. The molecule has 1 aromatic rings. The third-order valence-corrected chi connectivity index (χ3v) is 12.1. The zero-order valence-electron chi connectivity index (χ0n) is 21.6. The highest BCUT2D eigenvalue weighted by Gasteiger charge is 2.74. The predicted molar refractivity (Wildman–Crippen MR) is 132 cm³/mol. The second-order valence-electron chi connectivity index (χ2n) is 14.1. The minimum Gasteiger partial charge on any atom is -0.390 e. The highest BCUT2D eigenvalue weighted by molar-refractivity contribution is 5.83. The van der Waals surface area contributed by atoms with E-state index in [2.05, 4.69) is 19.9 Å². The molecule has 0 aliphatic heterocycles. The Balaban J connectivity index is 1.13. The molecule has 5 nitrogen and oxygen atoms in total. The number of aromatic nitrogens is 2. The maximum absolute atomic E-state index is 13.9. The molecule has 1 aromatic heterocycles. The Labute approximate surface area is 209 Å². The van der Waals surface area contributed by atoms with Crippen LogP contribution in [0.25, 0.3) is 0 Å². The number of rotatable bonds is 4. The highest BCUT2D eigenvalue weighted by Crippen LogP contribution is 2.77. The average Bonchev–Trinajstić information content (AvgIpc) is 3.69. The van der Waals surface area contributed by atoms with Crippen LogP contribution in [0.15, 0.2) is 6.20 Å². The fourth-order valence-electron chi connectivity index (χ4n) is 10.6. The summed E-state index contributed by atoms with van der Waals surface area (Å²) in [4.78, 5) is 13.9. The molecule has 35 heavy (non-hydrogen) atoms. The van der Waals surface area contributed by atoms with Crippen LogP contribution in [0.5, 0.6) is 0 Å². The quantitative estimate of drug-likeness (QED) is 0.639. The molecule has 1 heterocycles. The summed E-state index contributed by atoms with van der Waals surface area (Å²) in [5.41, 5.74) is 1.24. The van der Waals surface area contributed by atoms with Crippen LogP contribution < -0.4 is 0 Å². The van der Waals surface area contributed by atoms with Gasteiger partial charge in [0.25, 0.3) is 0 Å². The van der Waals surface area contributed by atoms with Gasteiger partial charge in [-0.2, -0.15) is 10.4 Å². The van der Waals surface area contributed by atoms with Crippen LogP contribution >= 0.6 is 0 Å². The standard InChI is InChI=1S/C30H41N3O2/c1-16-24-25(16)27(23(34)15-33-14-19(13-31)28(32-33)17-4-5-17)30(3)11-9-21-20-8-10-29(2,35)12-18(20)6-7-22(21)26(24)30/h14,16-18,20-22,24-27,35H,4-12,15H2,1-3H3/t16?,18-,20+,21-,22-,24?,25?,26-,27+,29-,30+/m1/s1. The fraction of sp³-hybridized carbons (Fsp3) is 0.833. The molecule has 1 N–H and O–H groups in total. The van der Waals surface area contributed by atoms with E-state index in [0.717, 1.165) is 55.0 Å². The number of nitrogens with zero attached hydrogens (tertiary/aromatic N) is 3. The van der Waals surface area contributed by atoms with Crippen LogP contribution in [-0.4, -0.2) is 26.3 Å². The molecule has 0 amide bonds. The van der Waals surface area contributed by atoms with Crippen LogP contribution in [0.3, 0.4) is 0 Å². The zero-order chi connectivity index (χ0) is 24.3. The van der Waals surface area contributed by atoms with Gasteiger partial charge in [0.05, 0.1) is 23.4 Å². The van der Waals surface area contributed by atoms with Crippen molar-refractivity contribution in [2.75, 3.05) is 0 Å². The van der Waals surface area contributed by atoms with E-state index >= 15 is 0 Å². The van der Waals surface area contributed by atoms with Gasteiger partial charge >= 0.3 is 0 Å². The zero-order valence-corrected chi connectivity index (χ0v) is 21.6. The van der Waals surface area contributed by atoms with E-state index in [9.17, 15) is 15.2 Å². The van der Waals surface area contributed by atoms with Crippen LogP contribution in [0.2, 0.25) is 0 Å². The first kappa shape index (κ1) is 22.5. The number of carbonyl (C=O) groups excluding carboxylic acids is 1. The van der Waals surface area contributed by atoms with Crippen molar-refractivity contribution in [1.29, 1.82) is 5.26 Å². The van der Waals surface area contributed by atoms with Gasteiger partial charge < -0.3 is 5.11 Å². The molecule has 7 rings (SSSR count). The maximum Gasteiger partial charge on any atom is 0.158 e. The average molecular weight is 476 g/mol. The van der Waals surface area contributed by atoms with Crippen molar-refractivity contribution < 1.29 is 9.90 Å². The number of nitriles is 1. The van der Waals surface area contributed by atoms with E-state index < -0.39 is 5.60 Å². The van der Waals surface area contributed by atoms with Crippen molar-refractivity contribution in [3.8, 4) is 6.07 Å². The van der Waals surface area contributed by atoms with Crippen molar-refractivity contribution in [3.05, 3.63) is 17.5 Å². The van der Waals surface area contributed by atoms with Crippen molar-refractivity contribution in [3.63, 3.8) is 0 Å². The van der Waals surface area contributed by atoms with Crippen LogP contribution in [-0.2, 0) is 11.3 Å². The van der Waals surface area contributed by atoms with Crippen LogP contribution in [0, 0.1) is 70.0 Å². The molecule has 0 spiro atoms. The summed E-state index contributed by atoms with van der Waals surface area (Å²) >= 11 is 0. The molecular formula is C30H41N3O2. The molecule has 0 aromatic carbocycles. The van der Waals surface area contributed by atoms with Crippen LogP contribution in [0.4, 0.5) is 0 Å².